The van der Waals surface area contributed by atoms with Crippen molar-refractivity contribution in [3.63, 3.8) is 0 Å². The molecule has 0 fully saturated rings. The molecule has 0 saturated heterocycles. The van der Waals surface area contributed by atoms with Gasteiger partial charge >= 0.3 is 0 Å². The van der Waals surface area contributed by atoms with E-state index in [1.165, 1.54) is 0 Å². The topological polar surface area (TPSA) is 64.7 Å². The molecule has 0 radical (unpaired) electrons. The molecule has 1 aromatic rings. The summed E-state index contributed by atoms with van der Waals surface area (Å²) in [5, 5.41) is 10.6. The van der Waals surface area contributed by atoms with Crippen LogP contribution in [0.3, 0.4) is 0 Å². The summed E-state index contributed by atoms with van der Waals surface area (Å²) in [5.74, 6) is 1.46. The summed E-state index contributed by atoms with van der Waals surface area (Å²) in [7, 11) is 0. The van der Waals surface area contributed by atoms with E-state index in [-0.39, 0.29) is 12.5 Å². The molecule has 0 saturated carbocycles. The second-order valence-electron chi connectivity index (χ2n) is 5.00. The van der Waals surface area contributed by atoms with E-state index in [2.05, 4.69) is 0 Å². The van der Waals surface area contributed by atoms with Gasteiger partial charge in [0, 0.05) is 13.0 Å². The smallest absolute Gasteiger partial charge is 0.161 e. The fraction of sp³-hybridized carbons (Fsp3) is 0.571. The standard InChI is InChI=1S/C14H21NO3/c1-10(2)14(16,9-15)11-4-5-12-13(8-11)18-7-3-6-17-12/h4-5,8,10,16H,3,6-7,9,15H2,1-2H3. The van der Waals surface area contributed by atoms with Crippen molar-refractivity contribution in [1.29, 1.82) is 0 Å². The van der Waals surface area contributed by atoms with E-state index >= 15 is 0 Å². The lowest BCUT2D eigenvalue weighted by atomic mass is 9.83. The van der Waals surface area contributed by atoms with Crippen molar-refractivity contribution in [2.75, 3.05) is 19.8 Å². The first-order valence-electron chi connectivity index (χ1n) is 6.40. The summed E-state index contributed by atoms with van der Waals surface area (Å²) >= 11 is 0. The quantitative estimate of drug-likeness (QED) is 0.857. The summed E-state index contributed by atoms with van der Waals surface area (Å²) in [6.07, 6.45) is 0.870. The van der Waals surface area contributed by atoms with Gasteiger partial charge in [0.1, 0.15) is 5.60 Å². The Labute approximate surface area is 108 Å². The van der Waals surface area contributed by atoms with Crippen LogP contribution in [0, 0.1) is 5.92 Å². The van der Waals surface area contributed by atoms with Crippen molar-refractivity contribution < 1.29 is 14.6 Å². The molecule has 18 heavy (non-hydrogen) atoms. The molecule has 1 aromatic carbocycles. The van der Waals surface area contributed by atoms with Gasteiger partial charge in [-0.15, -0.1) is 0 Å². The molecule has 0 aliphatic carbocycles. The zero-order chi connectivity index (χ0) is 13.2. The summed E-state index contributed by atoms with van der Waals surface area (Å²) < 4.78 is 11.2. The fourth-order valence-electron chi connectivity index (χ4n) is 2.12. The molecule has 1 unspecified atom stereocenters. The van der Waals surface area contributed by atoms with Crippen LogP contribution in [0.4, 0.5) is 0 Å². The molecule has 3 N–H and O–H groups in total. The monoisotopic (exact) mass is 251 g/mol. The zero-order valence-corrected chi connectivity index (χ0v) is 11.0. The maximum atomic E-state index is 10.6. The number of hydrogen-bond donors (Lipinski definition) is 2. The Morgan fingerprint density at radius 1 is 1.28 bits per heavy atom. The predicted molar refractivity (Wildman–Crippen MR) is 69.8 cm³/mol. The summed E-state index contributed by atoms with van der Waals surface area (Å²) in [4.78, 5) is 0. The van der Waals surface area contributed by atoms with E-state index in [0.717, 1.165) is 17.7 Å². The van der Waals surface area contributed by atoms with Crippen LogP contribution in [-0.4, -0.2) is 24.9 Å². The number of nitrogens with two attached hydrogens (primary N) is 1. The van der Waals surface area contributed by atoms with Gasteiger partial charge in [0.25, 0.3) is 0 Å². The Morgan fingerprint density at radius 3 is 2.56 bits per heavy atom. The molecule has 0 aromatic heterocycles. The molecule has 100 valence electrons. The lowest BCUT2D eigenvalue weighted by Crippen LogP contribution is -2.39. The second kappa shape index (κ2) is 5.16. The van der Waals surface area contributed by atoms with Gasteiger partial charge in [-0.3, -0.25) is 0 Å². The van der Waals surface area contributed by atoms with Crippen LogP contribution < -0.4 is 15.2 Å². The summed E-state index contributed by atoms with van der Waals surface area (Å²) in [6, 6.07) is 5.55. The van der Waals surface area contributed by atoms with Gasteiger partial charge in [0.2, 0.25) is 0 Å². The third kappa shape index (κ3) is 2.31. The van der Waals surface area contributed by atoms with Gasteiger partial charge < -0.3 is 20.3 Å². The molecule has 1 heterocycles. The molecule has 1 atom stereocenters. The molecule has 2 rings (SSSR count). The average Bonchev–Trinajstić information content (AvgIpc) is 2.61. The molecule has 4 heteroatoms. The maximum absolute atomic E-state index is 10.6. The van der Waals surface area contributed by atoms with Crippen LogP contribution in [0.1, 0.15) is 25.8 Å². The second-order valence-corrected chi connectivity index (χ2v) is 5.00. The van der Waals surface area contributed by atoms with Crippen molar-refractivity contribution in [3.05, 3.63) is 23.8 Å². The van der Waals surface area contributed by atoms with Gasteiger partial charge in [-0.25, -0.2) is 0 Å². The van der Waals surface area contributed by atoms with Crippen molar-refractivity contribution in [2.24, 2.45) is 11.7 Å². The van der Waals surface area contributed by atoms with Gasteiger partial charge in [0.15, 0.2) is 11.5 Å². The van der Waals surface area contributed by atoms with Crippen molar-refractivity contribution in [3.8, 4) is 11.5 Å². The number of rotatable bonds is 3. The lowest BCUT2D eigenvalue weighted by Gasteiger charge is -2.31. The molecule has 0 bridgehead atoms. The van der Waals surface area contributed by atoms with Crippen LogP contribution >= 0.6 is 0 Å². The van der Waals surface area contributed by atoms with E-state index in [1.54, 1.807) is 0 Å². The Bertz CT molecular complexity index is 420. The van der Waals surface area contributed by atoms with Crippen LogP contribution in [0.5, 0.6) is 11.5 Å². The normalized spacial score (nSPS) is 18.3. The number of fused-ring (bicyclic) bond motifs is 1. The zero-order valence-electron chi connectivity index (χ0n) is 11.0. The molecular formula is C14H21NO3. The first-order valence-corrected chi connectivity index (χ1v) is 6.40. The first kappa shape index (κ1) is 13.2. The SMILES string of the molecule is CC(C)C(O)(CN)c1ccc2c(c1)OCCCO2. The predicted octanol–water partition coefficient (Wildman–Crippen LogP) is 1.65. The van der Waals surface area contributed by atoms with E-state index in [9.17, 15) is 5.11 Å². The third-order valence-corrected chi connectivity index (χ3v) is 3.51. The largest absolute Gasteiger partial charge is 0.490 e. The van der Waals surface area contributed by atoms with Gasteiger partial charge in [0.05, 0.1) is 13.2 Å². The van der Waals surface area contributed by atoms with E-state index in [1.807, 2.05) is 32.0 Å². The fourth-order valence-corrected chi connectivity index (χ4v) is 2.12. The Balaban J connectivity index is 2.38. The van der Waals surface area contributed by atoms with Crippen LogP contribution in [0.25, 0.3) is 0 Å². The lowest BCUT2D eigenvalue weighted by molar-refractivity contribution is -0.00136. The molecule has 0 amide bonds. The highest BCUT2D eigenvalue weighted by Gasteiger charge is 2.32. The van der Waals surface area contributed by atoms with Crippen molar-refractivity contribution in [2.45, 2.75) is 25.9 Å². The van der Waals surface area contributed by atoms with Gasteiger partial charge in [-0.05, 0) is 23.6 Å². The molecule has 1 aliphatic heterocycles. The number of hydrogen-bond acceptors (Lipinski definition) is 4. The average molecular weight is 251 g/mol. The number of benzene rings is 1. The third-order valence-electron chi connectivity index (χ3n) is 3.51. The van der Waals surface area contributed by atoms with E-state index in [0.29, 0.717) is 19.0 Å². The van der Waals surface area contributed by atoms with Crippen molar-refractivity contribution >= 4 is 0 Å². The highest BCUT2D eigenvalue weighted by atomic mass is 16.5. The van der Waals surface area contributed by atoms with Crippen LogP contribution in [0.2, 0.25) is 0 Å². The molecule has 4 nitrogen and oxygen atoms in total. The van der Waals surface area contributed by atoms with Crippen LogP contribution in [-0.2, 0) is 5.60 Å². The van der Waals surface area contributed by atoms with E-state index in [4.69, 9.17) is 15.2 Å². The minimum atomic E-state index is -1.02. The Morgan fingerprint density at radius 2 is 1.94 bits per heavy atom. The summed E-state index contributed by atoms with van der Waals surface area (Å²) in [6.45, 7) is 5.40. The minimum absolute atomic E-state index is 0.0345. The highest BCUT2D eigenvalue weighted by Crippen LogP contribution is 2.36. The summed E-state index contributed by atoms with van der Waals surface area (Å²) in [5.41, 5.74) is 5.48. The number of ether oxygens (including phenoxy) is 2. The highest BCUT2D eigenvalue weighted by molar-refractivity contribution is 5.45. The van der Waals surface area contributed by atoms with Crippen molar-refractivity contribution in [1.82, 2.24) is 0 Å². The molecular weight excluding hydrogens is 230 g/mol. The first-order chi connectivity index (χ1) is 8.58. The Hall–Kier alpha value is -1.26. The van der Waals surface area contributed by atoms with Gasteiger partial charge in [-0.1, -0.05) is 19.9 Å². The van der Waals surface area contributed by atoms with Crippen LogP contribution in [0.15, 0.2) is 18.2 Å². The molecule has 1 aliphatic rings. The van der Waals surface area contributed by atoms with E-state index < -0.39 is 5.60 Å². The molecule has 0 spiro atoms. The minimum Gasteiger partial charge on any atom is -0.490 e. The number of aliphatic hydroxyl groups is 1. The Kier molecular flexibility index (Phi) is 3.78. The van der Waals surface area contributed by atoms with Gasteiger partial charge in [-0.2, -0.15) is 0 Å². The maximum Gasteiger partial charge on any atom is 0.161 e.